The van der Waals surface area contributed by atoms with E-state index in [2.05, 4.69) is 0 Å². The van der Waals surface area contributed by atoms with Crippen molar-refractivity contribution in [3.05, 3.63) is 28.8 Å². The molecule has 1 aromatic carbocycles. The van der Waals surface area contributed by atoms with Crippen LogP contribution < -0.4 is 0 Å². The monoisotopic (exact) mass is 230 g/mol. The normalized spacial score (nSPS) is 23.1. The van der Waals surface area contributed by atoms with E-state index in [-0.39, 0.29) is 10.6 Å². The highest BCUT2D eigenvalue weighted by atomic mass is 35.5. The third-order valence-corrected chi connectivity index (χ3v) is 4.34. The van der Waals surface area contributed by atoms with Gasteiger partial charge in [-0.25, -0.2) is 8.42 Å². The van der Waals surface area contributed by atoms with Crippen molar-refractivity contribution in [2.45, 2.75) is 10.8 Å². The molecule has 3 nitrogen and oxygen atoms in total. The van der Waals surface area contributed by atoms with Gasteiger partial charge >= 0.3 is 0 Å². The van der Waals surface area contributed by atoms with Gasteiger partial charge in [0.05, 0.1) is 16.6 Å². The minimum atomic E-state index is -3.27. The lowest BCUT2D eigenvalue weighted by molar-refractivity contribution is -0.108. The van der Waals surface area contributed by atoms with Gasteiger partial charge in [-0.3, -0.25) is 0 Å². The van der Waals surface area contributed by atoms with E-state index in [0.29, 0.717) is 16.9 Å². The molecular weight excluding hydrogens is 224 g/mol. The number of fused-ring (bicyclic) bond motifs is 1. The van der Waals surface area contributed by atoms with E-state index >= 15 is 0 Å². The Morgan fingerprint density at radius 2 is 2.14 bits per heavy atom. The van der Waals surface area contributed by atoms with Crippen LogP contribution in [0.1, 0.15) is 11.5 Å². The number of sulfone groups is 1. The smallest absolute Gasteiger partial charge is 0.179 e. The van der Waals surface area contributed by atoms with Crippen molar-refractivity contribution in [3.8, 4) is 0 Å². The van der Waals surface area contributed by atoms with Crippen LogP contribution >= 0.6 is 11.6 Å². The van der Waals surface area contributed by atoms with Gasteiger partial charge in [-0.2, -0.15) is 0 Å². The zero-order chi connectivity index (χ0) is 10.3. The predicted molar refractivity (Wildman–Crippen MR) is 52.3 cm³/mol. The first-order valence-electron chi connectivity index (χ1n) is 4.02. The molecule has 0 saturated heterocycles. The number of carbonyl (C=O) groups excluding carboxylic acids is 1. The van der Waals surface area contributed by atoms with Gasteiger partial charge in [0, 0.05) is 5.02 Å². The number of aldehydes is 1. The predicted octanol–water partition coefficient (Wildman–Crippen LogP) is 1.41. The topological polar surface area (TPSA) is 51.2 Å². The molecule has 0 fully saturated rings. The molecule has 1 aliphatic rings. The Labute approximate surface area is 86.6 Å². The molecule has 1 atom stereocenters. The van der Waals surface area contributed by atoms with Gasteiger partial charge in [0.15, 0.2) is 9.84 Å². The standard InChI is InChI=1S/C9H7ClO3S/c10-7-1-2-9-8(3-7)6(4-11)5-14(9,12)13/h1-4,6H,5H2. The molecule has 0 aliphatic carbocycles. The fraction of sp³-hybridized carbons (Fsp3) is 0.222. The largest absolute Gasteiger partial charge is 0.303 e. The number of carbonyl (C=O) groups is 1. The Morgan fingerprint density at radius 1 is 1.43 bits per heavy atom. The van der Waals surface area contributed by atoms with E-state index in [1.807, 2.05) is 0 Å². The number of benzene rings is 1. The first kappa shape index (κ1) is 9.68. The Balaban J connectivity index is 2.71. The SMILES string of the molecule is O=CC1CS(=O)(=O)c2ccc(Cl)cc21. The second kappa shape index (κ2) is 3.07. The molecule has 14 heavy (non-hydrogen) atoms. The third kappa shape index (κ3) is 1.35. The van der Waals surface area contributed by atoms with Gasteiger partial charge in [0.25, 0.3) is 0 Å². The second-order valence-electron chi connectivity index (χ2n) is 3.21. The minimum Gasteiger partial charge on any atom is -0.303 e. The van der Waals surface area contributed by atoms with E-state index in [0.717, 1.165) is 0 Å². The van der Waals surface area contributed by atoms with Crippen LogP contribution in [0, 0.1) is 0 Å². The van der Waals surface area contributed by atoms with Crippen molar-refractivity contribution in [2.75, 3.05) is 5.75 Å². The quantitative estimate of drug-likeness (QED) is 0.686. The highest BCUT2D eigenvalue weighted by Gasteiger charge is 2.34. The number of hydrogen-bond donors (Lipinski definition) is 0. The summed E-state index contributed by atoms with van der Waals surface area (Å²) < 4.78 is 23.1. The van der Waals surface area contributed by atoms with Gasteiger partial charge in [0.2, 0.25) is 0 Å². The molecule has 0 saturated carbocycles. The molecule has 1 heterocycles. The third-order valence-electron chi connectivity index (χ3n) is 2.27. The van der Waals surface area contributed by atoms with Crippen LogP contribution in [0.15, 0.2) is 23.1 Å². The van der Waals surface area contributed by atoms with Crippen molar-refractivity contribution in [1.29, 1.82) is 0 Å². The van der Waals surface area contributed by atoms with Crippen molar-refractivity contribution in [3.63, 3.8) is 0 Å². The molecular formula is C9H7ClO3S. The van der Waals surface area contributed by atoms with Crippen LogP contribution in [0.3, 0.4) is 0 Å². The summed E-state index contributed by atoms with van der Waals surface area (Å²) in [5.74, 6) is -0.694. The average molecular weight is 231 g/mol. The molecule has 1 aromatic rings. The maximum Gasteiger partial charge on any atom is 0.179 e. The van der Waals surface area contributed by atoms with Crippen LogP contribution in [0.2, 0.25) is 5.02 Å². The van der Waals surface area contributed by atoms with Crippen LogP contribution in [0.5, 0.6) is 0 Å². The lowest BCUT2D eigenvalue weighted by Crippen LogP contribution is -2.03. The highest BCUT2D eigenvalue weighted by molar-refractivity contribution is 7.91. The maximum absolute atomic E-state index is 11.5. The van der Waals surface area contributed by atoms with Crippen molar-refractivity contribution in [1.82, 2.24) is 0 Å². The molecule has 1 aliphatic heterocycles. The maximum atomic E-state index is 11.5. The zero-order valence-electron chi connectivity index (χ0n) is 7.10. The van der Waals surface area contributed by atoms with Crippen LogP contribution in [-0.2, 0) is 14.6 Å². The first-order chi connectivity index (χ1) is 6.54. The lowest BCUT2D eigenvalue weighted by Gasteiger charge is -2.00. The summed E-state index contributed by atoms with van der Waals surface area (Å²) in [6.07, 6.45) is 0.652. The first-order valence-corrected chi connectivity index (χ1v) is 6.05. The van der Waals surface area contributed by atoms with Crippen LogP contribution in [0.4, 0.5) is 0 Å². The Bertz CT molecular complexity index is 493. The molecule has 2 rings (SSSR count). The molecule has 0 spiro atoms. The highest BCUT2D eigenvalue weighted by Crippen LogP contribution is 2.35. The van der Waals surface area contributed by atoms with Crippen molar-refractivity contribution in [2.24, 2.45) is 0 Å². The molecule has 0 bridgehead atoms. The fourth-order valence-corrected chi connectivity index (χ4v) is 3.56. The fourth-order valence-electron chi connectivity index (χ4n) is 1.62. The Hall–Kier alpha value is -0.870. The van der Waals surface area contributed by atoms with E-state index in [1.54, 1.807) is 6.07 Å². The molecule has 74 valence electrons. The van der Waals surface area contributed by atoms with Crippen molar-refractivity contribution < 1.29 is 13.2 Å². The van der Waals surface area contributed by atoms with Gasteiger partial charge in [0.1, 0.15) is 6.29 Å². The number of rotatable bonds is 1. The zero-order valence-corrected chi connectivity index (χ0v) is 8.68. The minimum absolute atomic E-state index is 0.133. The average Bonchev–Trinajstić information content (AvgIpc) is 2.37. The van der Waals surface area contributed by atoms with Gasteiger partial charge in [-0.15, -0.1) is 0 Å². The number of halogens is 1. The van der Waals surface area contributed by atoms with Gasteiger partial charge in [-0.05, 0) is 23.8 Å². The summed E-state index contributed by atoms with van der Waals surface area (Å²) in [5.41, 5.74) is 0.521. The van der Waals surface area contributed by atoms with E-state index < -0.39 is 15.8 Å². The van der Waals surface area contributed by atoms with Crippen LogP contribution in [0.25, 0.3) is 0 Å². The van der Waals surface area contributed by atoms with Gasteiger partial charge < -0.3 is 4.79 Å². The van der Waals surface area contributed by atoms with Crippen LogP contribution in [-0.4, -0.2) is 20.5 Å². The Kier molecular flexibility index (Phi) is 2.12. The van der Waals surface area contributed by atoms with E-state index in [9.17, 15) is 13.2 Å². The van der Waals surface area contributed by atoms with Gasteiger partial charge in [-0.1, -0.05) is 11.6 Å². The molecule has 0 aromatic heterocycles. The van der Waals surface area contributed by atoms with Crippen molar-refractivity contribution >= 4 is 27.7 Å². The number of hydrogen-bond acceptors (Lipinski definition) is 3. The van der Waals surface area contributed by atoms with E-state index in [1.165, 1.54) is 12.1 Å². The summed E-state index contributed by atoms with van der Waals surface area (Å²) in [6.45, 7) is 0. The Morgan fingerprint density at radius 3 is 2.79 bits per heavy atom. The molecule has 5 heteroatoms. The summed E-state index contributed by atoms with van der Waals surface area (Å²) in [4.78, 5) is 10.9. The molecule has 0 amide bonds. The summed E-state index contributed by atoms with van der Waals surface area (Å²) >= 11 is 5.73. The van der Waals surface area contributed by atoms with E-state index in [4.69, 9.17) is 11.6 Å². The molecule has 1 unspecified atom stereocenters. The summed E-state index contributed by atoms with van der Waals surface area (Å²) in [5, 5.41) is 0.452. The molecule has 0 N–H and O–H groups in total. The summed E-state index contributed by atoms with van der Waals surface area (Å²) in [6, 6.07) is 4.52. The lowest BCUT2D eigenvalue weighted by atomic mass is 10.0. The molecule has 0 radical (unpaired) electrons. The summed E-state index contributed by atoms with van der Waals surface area (Å²) in [7, 11) is -3.27. The second-order valence-corrected chi connectivity index (χ2v) is 5.65.